The summed E-state index contributed by atoms with van der Waals surface area (Å²) in [6.07, 6.45) is 5.71. The van der Waals surface area contributed by atoms with Gasteiger partial charge in [-0.25, -0.2) is 4.79 Å². The van der Waals surface area contributed by atoms with E-state index in [1.165, 1.54) is 10.5 Å². The minimum atomic E-state index is -1.08. The van der Waals surface area contributed by atoms with Gasteiger partial charge in [-0.05, 0) is 49.0 Å². The second kappa shape index (κ2) is 15.8. The van der Waals surface area contributed by atoms with E-state index in [0.29, 0.717) is 25.8 Å². The Hall–Kier alpha value is -3.08. The molecule has 5 amide bonds. The number of nitrogens with zero attached hydrogens (tertiary/aromatic N) is 1. The first-order chi connectivity index (χ1) is 20.8. The Balaban J connectivity index is 1.70. The lowest BCUT2D eigenvalue weighted by Gasteiger charge is -2.38. The summed E-state index contributed by atoms with van der Waals surface area (Å²) in [7, 11) is 0. The maximum Gasteiger partial charge on any atom is 0.315 e. The van der Waals surface area contributed by atoms with Crippen LogP contribution in [0.1, 0.15) is 91.5 Å². The van der Waals surface area contributed by atoms with Gasteiger partial charge in [0.05, 0.1) is 11.6 Å². The van der Waals surface area contributed by atoms with Gasteiger partial charge in [0.25, 0.3) is 5.91 Å². The number of thioether (sulfide) groups is 1. The Kier molecular flexibility index (Phi) is 12.7. The monoisotopic (exact) mass is 629 g/mol. The third kappa shape index (κ3) is 9.97. The van der Waals surface area contributed by atoms with E-state index >= 15 is 0 Å². The molecule has 10 nitrogen and oxygen atoms in total. The van der Waals surface area contributed by atoms with Crippen molar-refractivity contribution < 1.29 is 24.0 Å². The van der Waals surface area contributed by atoms with E-state index in [1.54, 1.807) is 11.8 Å². The van der Waals surface area contributed by atoms with Crippen LogP contribution < -0.4 is 21.7 Å². The van der Waals surface area contributed by atoms with Gasteiger partial charge in [0, 0.05) is 18.1 Å². The molecule has 1 aromatic rings. The zero-order chi connectivity index (χ0) is 32.5. The lowest BCUT2D eigenvalue weighted by Crippen LogP contribution is -2.62. The number of nitrogens with one attached hydrogen (secondary N) is 3. The molecule has 44 heavy (non-hydrogen) atoms. The molecule has 2 aliphatic rings. The average molecular weight is 630 g/mol. The normalized spacial score (nSPS) is 19.4. The number of rotatable bonds is 16. The Morgan fingerprint density at radius 1 is 1.02 bits per heavy atom. The molecule has 0 bridgehead atoms. The van der Waals surface area contributed by atoms with E-state index in [9.17, 15) is 24.0 Å². The standard InChI is InChI=1S/C33H51N5O5S/c1-6-17-33(7-2,21-44-20-23-12-9-8-10-13-23)37-31(43)36-27(32(3,4)5)30(42)38-18-11-14-25(38)29(41)35-24(19-22-15-16-22)26(39)28(34)40/h8-10,12-13,22,24-25,27H,6-7,11,14-21H2,1-5H3,(H2,34,40)(H,35,41)(H2,36,37,43)/t24?,25-,27?,33?/m0/s1. The summed E-state index contributed by atoms with van der Waals surface area (Å²) < 4.78 is 0. The second-order valence-electron chi connectivity index (χ2n) is 13.4. The summed E-state index contributed by atoms with van der Waals surface area (Å²) >= 11 is 1.78. The molecule has 11 heteroatoms. The summed E-state index contributed by atoms with van der Waals surface area (Å²) in [5.41, 5.74) is 5.39. The van der Waals surface area contributed by atoms with Crippen LogP contribution in [-0.2, 0) is 24.9 Å². The number of likely N-dealkylation sites (tertiary alicyclic amines) is 1. The molecule has 1 saturated heterocycles. The maximum absolute atomic E-state index is 14.0. The van der Waals surface area contributed by atoms with Crippen LogP contribution in [0.5, 0.6) is 0 Å². The Bertz CT molecular complexity index is 1170. The molecule has 4 atom stereocenters. The number of urea groups is 1. The first-order valence-electron chi connectivity index (χ1n) is 15.9. The highest BCUT2D eigenvalue weighted by Crippen LogP contribution is 2.34. The van der Waals surface area contributed by atoms with E-state index in [4.69, 9.17) is 5.73 Å². The van der Waals surface area contributed by atoms with Gasteiger partial charge in [0.2, 0.25) is 17.6 Å². The molecule has 1 aliphatic heterocycles. The fourth-order valence-corrected chi connectivity index (χ4v) is 7.18. The number of carbonyl (C=O) groups is 5. The molecule has 1 saturated carbocycles. The molecular formula is C33H51N5O5S. The maximum atomic E-state index is 14.0. The SMILES string of the molecule is CCCC(CC)(CSCc1ccccc1)NC(=O)NC(C(=O)N1CCC[C@H]1C(=O)NC(CC1CC1)C(=O)C(N)=O)C(C)(C)C. The lowest BCUT2D eigenvalue weighted by atomic mass is 9.85. The van der Waals surface area contributed by atoms with Gasteiger partial charge in [0.1, 0.15) is 12.1 Å². The molecular weight excluding hydrogens is 578 g/mol. The van der Waals surface area contributed by atoms with E-state index in [0.717, 1.165) is 43.6 Å². The largest absolute Gasteiger partial charge is 0.363 e. The van der Waals surface area contributed by atoms with Gasteiger partial charge >= 0.3 is 6.03 Å². The van der Waals surface area contributed by atoms with Crippen molar-refractivity contribution >= 4 is 41.3 Å². The predicted octanol–water partition coefficient (Wildman–Crippen LogP) is 3.91. The van der Waals surface area contributed by atoms with Crippen molar-refractivity contribution in [3.63, 3.8) is 0 Å². The van der Waals surface area contributed by atoms with E-state index in [2.05, 4.69) is 41.9 Å². The first kappa shape index (κ1) is 35.4. The number of benzene rings is 1. The van der Waals surface area contributed by atoms with Crippen LogP contribution in [-0.4, -0.2) is 70.4 Å². The van der Waals surface area contributed by atoms with Crippen molar-refractivity contribution in [2.45, 2.75) is 115 Å². The Morgan fingerprint density at radius 3 is 2.27 bits per heavy atom. The summed E-state index contributed by atoms with van der Waals surface area (Å²) in [5, 5.41) is 8.89. The van der Waals surface area contributed by atoms with Crippen LogP contribution in [0.2, 0.25) is 0 Å². The molecule has 1 aromatic carbocycles. The molecule has 1 aliphatic carbocycles. The van der Waals surface area contributed by atoms with E-state index < -0.39 is 52.7 Å². The third-order valence-corrected chi connectivity index (χ3v) is 9.94. The average Bonchev–Trinajstić information content (AvgIpc) is 3.65. The molecule has 5 N–H and O–H groups in total. The minimum Gasteiger partial charge on any atom is -0.363 e. The van der Waals surface area contributed by atoms with Crippen molar-refractivity contribution in [3.8, 4) is 0 Å². The fourth-order valence-electron chi connectivity index (χ4n) is 5.84. The van der Waals surface area contributed by atoms with Crippen molar-refractivity contribution in [1.82, 2.24) is 20.9 Å². The van der Waals surface area contributed by atoms with Crippen molar-refractivity contribution in [1.29, 1.82) is 0 Å². The zero-order valence-electron chi connectivity index (χ0n) is 26.9. The number of ketones is 1. The second-order valence-corrected chi connectivity index (χ2v) is 14.4. The number of nitrogens with two attached hydrogens (primary N) is 1. The van der Waals surface area contributed by atoms with E-state index in [-0.39, 0.29) is 11.8 Å². The number of hydrogen-bond acceptors (Lipinski definition) is 6. The zero-order valence-corrected chi connectivity index (χ0v) is 27.8. The summed E-state index contributed by atoms with van der Waals surface area (Å²) in [4.78, 5) is 66.5. The van der Waals surface area contributed by atoms with Gasteiger partial charge < -0.3 is 26.6 Å². The number of amides is 5. The van der Waals surface area contributed by atoms with Crippen molar-refractivity contribution in [3.05, 3.63) is 35.9 Å². The summed E-state index contributed by atoms with van der Waals surface area (Å²) in [6, 6.07) is 7.12. The summed E-state index contributed by atoms with van der Waals surface area (Å²) in [6.45, 7) is 10.2. The van der Waals surface area contributed by atoms with Crippen LogP contribution >= 0.6 is 11.8 Å². The molecule has 1 heterocycles. The van der Waals surface area contributed by atoms with Gasteiger partial charge in [-0.1, -0.05) is 84.2 Å². The van der Waals surface area contributed by atoms with Gasteiger partial charge in [0.15, 0.2) is 0 Å². The Labute approximate surface area is 266 Å². The smallest absolute Gasteiger partial charge is 0.315 e. The Morgan fingerprint density at radius 2 is 1.70 bits per heavy atom. The van der Waals surface area contributed by atoms with Crippen LogP contribution in [0.4, 0.5) is 4.79 Å². The van der Waals surface area contributed by atoms with Gasteiger partial charge in [-0.2, -0.15) is 11.8 Å². The molecule has 3 rings (SSSR count). The molecule has 3 unspecified atom stereocenters. The van der Waals surface area contributed by atoms with Crippen LogP contribution in [0, 0.1) is 11.3 Å². The van der Waals surface area contributed by atoms with Crippen LogP contribution in [0.15, 0.2) is 30.3 Å². The van der Waals surface area contributed by atoms with Gasteiger partial charge in [-0.15, -0.1) is 0 Å². The fraction of sp³-hybridized carbons (Fsp3) is 0.667. The van der Waals surface area contributed by atoms with Crippen molar-refractivity contribution in [2.75, 3.05) is 12.3 Å². The molecule has 0 spiro atoms. The number of carbonyl (C=O) groups excluding carboxylic acids is 5. The summed E-state index contributed by atoms with van der Waals surface area (Å²) in [5.74, 6) is -0.878. The number of Topliss-reactive ketones (excluding diaryl/α,β-unsaturated/α-hetero) is 1. The predicted molar refractivity (Wildman–Crippen MR) is 174 cm³/mol. The quantitative estimate of drug-likeness (QED) is 0.204. The first-order valence-corrected chi connectivity index (χ1v) is 17.1. The molecule has 0 radical (unpaired) electrons. The molecule has 0 aromatic heterocycles. The minimum absolute atomic E-state index is 0.276. The number of hydrogen-bond donors (Lipinski definition) is 4. The van der Waals surface area contributed by atoms with Crippen LogP contribution in [0.3, 0.4) is 0 Å². The third-order valence-electron chi connectivity index (χ3n) is 8.64. The van der Waals surface area contributed by atoms with Crippen molar-refractivity contribution in [2.24, 2.45) is 17.1 Å². The highest BCUT2D eigenvalue weighted by molar-refractivity contribution is 7.98. The van der Waals surface area contributed by atoms with Gasteiger partial charge in [-0.3, -0.25) is 19.2 Å². The van der Waals surface area contributed by atoms with Crippen LogP contribution in [0.25, 0.3) is 0 Å². The number of primary amides is 1. The van der Waals surface area contributed by atoms with E-state index in [1.807, 2.05) is 39.0 Å². The molecule has 244 valence electrons. The highest BCUT2D eigenvalue weighted by atomic mass is 32.2. The lowest BCUT2D eigenvalue weighted by molar-refractivity contribution is -0.143. The topological polar surface area (TPSA) is 151 Å². The highest BCUT2D eigenvalue weighted by Gasteiger charge is 2.43. The molecule has 2 fully saturated rings.